The fourth-order valence-corrected chi connectivity index (χ4v) is 8.69. The van der Waals surface area contributed by atoms with Crippen LogP contribution < -0.4 is 0 Å². The van der Waals surface area contributed by atoms with Crippen LogP contribution in [0.1, 0.15) is 87.3 Å². The van der Waals surface area contributed by atoms with Crippen LogP contribution in [-0.4, -0.2) is 0 Å². The maximum absolute atomic E-state index is 14.7. The maximum Gasteiger partial charge on any atom is 0.131 e. The lowest BCUT2D eigenvalue weighted by molar-refractivity contribution is 0.631. The Labute approximate surface area is 422 Å². The number of rotatable bonds is 14. The zero-order chi connectivity index (χ0) is 50.1. The summed E-state index contributed by atoms with van der Waals surface area (Å²) < 4.78 is 43.8. The molecule has 0 radical (unpaired) electrons. The summed E-state index contributed by atoms with van der Waals surface area (Å²) in [6, 6.07) is 65.9. The standard InChI is InChI=1S/C24H25F.C23H23F.C21H19F/c1-3-5-6-19-9-13-21(14-10-19)23-16-15-22(17-24(23)25)20-11-7-18(4-2)8-12-20;1-3-5-18-8-12-20(13-9-18)22-15-14-21(16-23(22)24)19-10-6-17(4-2)7-11-19;1-3-16-6-10-17(11-7-16)19-12-13-20(21(22)14-19)18-8-4-15(2)5-9-18/h7-17H,3-6H2,1-2H3;6-16H,3-5H2,1-2H3;4-14H,3H2,1-2H3. The van der Waals surface area contributed by atoms with Crippen molar-refractivity contribution >= 4 is 0 Å². The van der Waals surface area contributed by atoms with Gasteiger partial charge in [0.1, 0.15) is 17.5 Å². The van der Waals surface area contributed by atoms with E-state index in [1.54, 1.807) is 18.2 Å². The lowest BCUT2D eigenvalue weighted by Gasteiger charge is -2.09. The van der Waals surface area contributed by atoms with Crippen molar-refractivity contribution in [2.24, 2.45) is 0 Å². The van der Waals surface area contributed by atoms with Crippen molar-refractivity contribution in [3.63, 3.8) is 0 Å². The van der Waals surface area contributed by atoms with E-state index in [1.807, 2.05) is 91.9 Å². The van der Waals surface area contributed by atoms with E-state index in [2.05, 4.69) is 132 Å². The van der Waals surface area contributed by atoms with Gasteiger partial charge >= 0.3 is 0 Å². The zero-order valence-corrected chi connectivity index (χ0v) is 42.3. The molecule has 0 fully saturated rings. The predicted octanol–water partition coefficient (Wildman–Crippen LogP) is 19.8. The van der Waals surface area contributed by atoms with Crippen molar-refractivity contribution in [3.8, 4) is 66.8 Å². The average Bonchev–Trinajstić information content (AvgIpc) is 3.41. The van der Waals surface area contributed by atoms with E-state index in [4.69, 9.17) is 0 Å². The highest BCUT2D eigenvalue weighted by atomic mass is 19.1. The van der Waals surface area contributed by atoms with Gasteiger partial charge in [-0.05, 0) is 142 Å². The SMILES string of the molecule is CCCCc1ccc(-c2ccc(-c3ccc(CC)cc3)cc2F)cc1.CCCc1ccc(-c2ccc(-c3ccc(CC)cc3)cc2F)cc1.CCc1ccc(-c2ccc(-c3ccc(C)cc3)c(F)c2)cc1. The van der Waals surface area contributed by atoms with Gasteiger partial charge in [-0.3, -0.25) is 0 Å². The highest BCUT2D eigenvalue weighted by Crippen LogP contribution is 2.32. The molecular weight excluding hydrogens is 874 g/mol. The summed E-state index contributed by atoms with van der Waals surface area (Å²) in [5.74, 6) is -0.519. The first-order valence-electron chi connectivity index (χ1n) is 25.5. The van der Waals surface area contributed by atoms with Crippen molar-refractivity contribution in [3.05, 3.63) is 251 Å². The van der Waals surface area contributed by atoms with Gasteiger partial charge in [-0.2, -0.15) is 0 Å². The van der Waals surface area contributed by atoms with Crippen molar-refractivity contribution in [2.45, 2.75) is 92.9 Å². The second-order valence-corrected chi connectivity index (χ2v) is 18.3. The fourth-order valence-electron chi connectivity index (χ4n) is 8.69. The molecule has 9 aromatic carbocycles. The van der Waals surface area contributed by atoms with E-state index in [9.17, 15) is 13.2 Å². The normalized spacial score (nSPS) is 10.8. The van der Waals surface area contributed by atoms with Crippen LogP contribution in [0.2, 0.25) is 0 Å². The molecule has 0 amide bonds. The first-order chi connectivity index (χ1) is 34.6. The number of halogens is 3. The van der Waals surface area contributed by atoms with Gasteiger partial charge in [0.2, 0.25) is 0 Å². The Bertz CT molecular complexity index is 3050. The summed E-state index contributed by atoms with van der Waals surface area (Å²) >= 11 is 0. The van der Waals surface area contributed by atoms with Crippen LogP contribution in [-0.2, 0) is 32.1 Å². The molecule has 9 rings (SSSR count). The molecule has 0 spiro atoms. The summed E-state index contributed by atoms with van der Waals surface area (Å²) in [4.78, 5) is 0. The van der Waals surface area contributed by atoms with Gasteiger partial charge in [0, 0.05) is 16.7 Å². The van der Waals surface area contributed by atoms with Crippen LogP contribution in [0.4, 0.5) is 13.2 Å². The molecule has 9 aromatic rings. The summed E-state index contributed by atoms with van der Waals surface area (Å²) in [6.07, 6.45) is 8.71. The van der Waals surface area contributed by atoms with E-state index in [0.717, 1.165) is 88.6 Å². The van der Waals surface area contributed by atoms with Crippen molar-refractivity contribution < 1.29 is 13.2 Å². The van der Waals surface area contributed by atoms with Gasteiger partial charge in [-0.15, -0.1) is 0 Å². The Morgan fingerprint density at radius 3 is 0.817 bits per heavy atom. The van der Waals surface area contributed by atoms with Gasteiger partial charge in [0.15, 0.2) is 0 Å². The molecular formula is C68H67F3. The highest BCUT2D eigenvalue weighted by Gasteiger charge is 2.11. The lowest BCUT2D eigenvalue weighted by Crippen LogP contribution is -1.89. The summed E-state index contributed by atoms with van der Waals surface area (Å²) in [5, 5.41) is 0. The first-order valence-corrected chi connectivity index (χ1v) is 25.5. The molecule has 3 heteroatoms. The number of hydrogen-bond donors (Lipinski definition) is 0. The summed E-state index contributed by atoms with van der Waals surface area (Å²) in [5.41, 5.74) is 18.3. The maximum atomic E-state index is 14.7. The Balaban J connectivity index is 0.000000157. The second kappa shape index (κ2) is 25.6. The Morgan fingerprint density at radius 1 is 0.268 bits per heavy atom. The third-order valence-electron chi connectivity index (χ3n) is 13.2. The Morgan fingerprint density at radius 2 is 0.535 bits per heavy atom. The van der Waals surface area contributed by atoms with E-state index < -0.39 is 0 Å². The molecule has 0 saturated heterocycles. The monoisotopic (exact) mass is 941 g/mol. The lowest BCUT2D eigenvalue weighted by atomic mass is 9.97. The molecule has 0 heterocycles. The minimum atomic E-state index is -0.180. The molecule has 0 aliphatic rings. The third kappa shape index (κ3) is 14.0. The fraction of sp³-hybridized carbons (Fsp3) is 0.206. The van der Waals surface area contributed by atoms with E-state index in [-0.39, 0.29) is 17.5 Å². The Hall–Kier alpha value is -7.23. The molecule has 360 valence electrons. The van der Waals surface area contributed by atoms with Crippen LogP contribution in [0.15, 0.2) is 200 Å². The van der Waals surface area contributed by atoms with E-state index in [1.165, 1.54) is 46.2 Å². The topological polar surface area (TPSA) is 0 Å². The highest BCUT2D eigenvalue weighted by molar-refractivity contribution is 5.74. The molecule has 0 aliphatic heterocycles. The molecule has 0 saturated carbocycles. The Kier molecular flexibility index (Phi) is 18.6. The van der Waals surface area contributed by atoms with Crippen molar-refractivity contribution in [1.82, 2.24) is 0 Å². The molecule has 0 aliphatic carbocycles. The van der Waals surface area contributed by atoms with Gasteiger partial charge < -0.3 is 0 Å². The molecule has 71 heavy (non-hydrogen) atoms. The van der Waals surface area contributed by atoms with E-state index in [0.29, 0.717) is 16.7 Å². The van der Waals surface area contributed by atoms with Crippen LogP contribution in [0.3, 0.4) is 0 Å². The minimum absolute atomic E-state index is 0.168. The van der Waals surface area contributed by atoms with Gasteiger partial charge in [0.25, 0.3) is 0 Å². The molecule has 0 unspecified atom stereocenters. The zero-order valence-electron chi connectivity index (χ0n) is 42.3. The van der Waals surface area contributed by atoms with Crippen molar-refractivity contribution in [2.75, 3.05) is 0 Å². The van der Waals surface area contributed by atoms with Crippen LogP contribution >= 0.6 is 0 Å². The van der Waals surface area contributed by atoms with Gasteiger partial charge in [-0.1, -0.05) is 235 Å². The average molecular weight is 941 g/mol. The minimum Gasteiger partial charge on any atom is -0.206 e. The quantitative estimate of drug-likeness (QED) is 0.102. The second-order valence-electron chi connectivity index (χ2n) is 18.3. The summed E-state index contributed by atoms with van der Waals surface area (Å²) in [6.45, 7) is 12.8. The van der Waals surface area contributed by atoms with Crippen LogP contribution in [0, 0.1) is 24.4 Å². The number of hydrogen-bond acceptors (Lipinski definition) is 0. The predicted molar refractivity (Wildman–Crippen MR) is 297 cm³/mol. The number of benzene rings is 9. The first kappa shape index (κ1) is 51.6. The molecule has 0 aromatic heterocycles. The van der Waals surface area contributed by atoms with Crippen molar-refractivity contribution in [1.29, 1.82) is 0 Å². The smallest absolute Gasteiger partial charge is 0.131 e. The largest absolute Gasteiger partial charge is 0.206 e. The summed E-state index contributed by atoms with van der Waals surface area (Å²) in [7, 11) is 0. The van der Waals surface area contributed by atoms with Crippen LogP contribution in [0.25, 0.3) is 66.8 Å². The molecule has 0 atom stereocenters. The van der Waals surface area contributed by atoms with Gasteiger partial charge in [0.05, 0.1) is 0 Å². The van der Waals surface area contributed by atoms with Crippen LogP contribution in [0.5, 0.6) is 0 Å². The molecule has 0 nitrogen and oxygen atoms in total. The molecule has 0 N–H and O–H groups in total. The number of unbranched alkanes of at least 4 members (excludes halogenated alkanes) is 1. The molecule has 0 bridgehead atoms. The number of aryl methyl sites for hydroxylation is 6. The van der Waals surface area contributed by atoms with E-state index >= 15 is 0 Å². The van der Waals surface area contributed by atoms with Gasteiger partial charge in [-0.25, -0.2) is 13.2 Å². The third-order valence-corrected chi connectivity index (χ3v) is 13.2.